The molecule has 0 aliphatic carbocycles. The van der Waals surface area contributed by atoms with Crippen molar-refractivity contribution >= 4 is 73.2 Å². The number of rotatable bonds is 9. The Hall–Kier alpha value is -7.91. The zero-order valence-corrected chi connectivity index (χ0v) is 34.7. The first-order valence-electron chi connectivity index (χ1n) is 19.8. The van der Waals surface area contributed by atoms with Crippen molar-refractivity contribution in [1.29, 1.82) is 0 Å². The van der Waals surface area contributed by atoms with Crippen molar-refractivity contribution in [3.8, 4) is 22.5 Å². The van der Waals surface area contributed by atoms with Gasteiger partial charge in [0.25, 0.3) is 5.56 Å². The Balaban J connectivity index is 0.000000158. The SMILES string of the molecule is CSc1nc(N[C@@H](C)c2cc3ccccc3nc2-c2ccccc2)c2cncnc2n1.C[C@H](Nc1nc(N)nc2nc[nH]c(=O)c12)c1cc2ccccc2nc1-c1ccccc1. The lowest BCUT2D eigenvalue weighted by molar-refractivity contribution is 0.860. The third-order valence-corrected chi connectivity index (χ3v) is 10.8. The minimum absolute atomic E-state index is 0.0419. The van der Waals surface area contributed by atoms with Crippen LogP contribution in [0.3, 0.4) is 0 Å². The normalized spacial score (nSPS) is 12.2. The molecule has 10 rings (SSSR count). The minimum atomic E-state index is -0.334. The molecule has 5 N–H and O–H groups in total. The maximum Gasteiger partial charge on any atom is 0.263 e. The number of thioether (sulfide) groups is 1. The van der Waals surface area contributed by atoms with Gasteiger partial charge in [0, 0.05) is 39.2 Å². The molecule has 10 aromatic rings. The first-order chi connectivity index (χ1) is 30.3. The molecule has 0 saturated heterocycles. The lowest BCUT2D eigenvalue weighted by Crippen LogP contribution is -2.16. The van der Waals surface area contributed by atoms with Crippen LogP contribution in [0, 0.1) is 0 Å². The largest absolute Gasteiger partial charge is 0.368 e. The van der Waals surface area contributed by atoms with Gasteiger partial charge in [-0.05, 0) is 44.4 Å². The molecule has 0 amide bonds. The second-order valence-corrected chi connectivity index (χ2v) is 15.2. The monoisotopic (exact) mass is 833 g/mol. The molecule has 4 aromatic carbocycles. The zero-order chi connectivity index (χ0) is 42.6. The molecular weight excluding hydrogens is 795 g/mol. The molecule has 0 bridgehead atoms. The first kappa shape index (κ1) is 39.5. The maximum absolute atomic E-state index is 12.4. The number of aromatic amines is 1. The summed E-state index contributed by atoms with van der Waals surface area (Å²) >= 11 is 1.49. The van der Waals surface area contributed by atoms with E-state index >= 15 is 0 Å². The number of aromatic nitrogens is 10. The van der Waals surface area contributed by atoms with Crippen molar-refractivity contribution in [1.82, 2.24) is 49.8 Å². The van der Waals surface area contributed by atoms with Gasteiger partial charge >= 0.3 is 0 Å². The van der Waals surface area contributed by atoms with Gasteiger partial charge in [0.2, 0.25) is 5.95 Å². The molecule has 62 heavy (non-hydrogen) atoms. The topological polar surface area (TPSA) is 199 Å². The van der Waals surface area contributed by atoms with Crippen molar-refractivity contribution < 1.29 is 0 Å². The number of hydrogen-bond acceptors (Lipinski definition) is 14. The number of pyridine rings is 2. The number of fused-ring (bicyclic) bond motifs is 4. The number of nitrogens with two attached hydrogens (primary N) is 1. The second kappa shape index (κ2) is 17.4. The Kier molecular flexibility index (Phi) is 11.1. The summed E-state index contributed by atoms with van der Waals surface area (Å²) in [6, 6.07) is 40.5. The lowest BCUT2D eigenvalue weighted by Gasteiger charge is -2.20. The Morgan fingerprint density at radius 2 is 1.19 bits per heavy atom. The molecule has 0 spiro atoms. The van der Waals surface area contributed by atoms with Gasteiger partial charge in [0.15, 0.2) is 16.5 Å². The molecule has 0 aliphatic heterocycles. The van der Waals surface area contributed by atoms with Crippen LogP contribution in [-0.4, -0.2) is 56.1 Å². The van der Waals surface area contributed by atoms with Crippen LogP contribution in [0.2, 0.25) is 0 Å². The van der Waals surface area contributed by atoms with E-state index in [1.807, 2.05) is 104 Å². The average molecular weight is 834 g/mol. The number of hydrogen-bond donors (Lipinski definition) is 4. The predicted molar refractivity (Wildman–Crippen MR) is 248 cm³/mol. The van der Waals surface area contributed by atoms with E-state index in [1.54, 1.807) is 6.20 Å². The Labute approximate surface area is 359 Å². The van der Waals surface area contributed by atoms with Crippen LogP contribution < -0.4 is 21.9 Å². The van der Waals surface area contributed by atoms with E-state index in [4.69, 9.17) is 15.7 Å². The average Bonchev–Trinajstić information content (AvgIpc) is 3.31. The van der Waals surface area contributed by atoms with Crippen LogP contribution in [0.5, 0.6) is 0 Å². The van der Waals surface area contributed by atoms with E-state index in [9.17, 15) is 4.79 Å². The number of nitrogens with one attached hydrogen (secondary N) is 3. The molecule has 0 fully saturated rings. The quantitative estimate of drug-likeness (QED) is 0.0792. The van der Waals surface area contributed by atoms with Crippen LogP contribution in [-0.2, 0) is 0 Å². The molecule has 304 valence electrons. The van der Waals surface area contributed by atoms with E-state index in [2.05, 4.69) is 87.8 Å². The van der Waals surface area contributed by atoms with E-state index in [0.29, 0.717) is 16.6 Å². The highest BCUT2D eigenvalue weighted by Crippen LogP contribution is 2.34. The fraction of sp³-hybridized carbons (Fsp3) is 0.106. The van der Waals surface area contributed by atoms with Gasteiger partial charge in [0.05, 0.1) is 46.2 Å². The number of H-pyrrole nitrogens is 1. The Morgan fingerprint density at radius 1 is 0.629 bits per heavy atom. The van der Waals surface area contributed by atoms with E-state index < -0.39 is 0 Å². The molecule has 0 unspecified atom stereocenters. The molecule has 2 atom stereocenters. The summed E-state index contributed by atoms with van der Waals surface area (Å²) in [4.78, 5) is 55.0. The molecule has 6 aromatic heterocycles. The van der Waals surface area contributed by atoms with E-state index in [0.717, 1.165) is 66.7 Å². The summed E-state index contributed by atoms with van der Waals surface area (Å²) < 4.78 is 0. The van der Waals surface area contributed by atoms with Crippen molar-refractivity contribution in [2.75, 3.05) is 22.6 Å². The molecule has 0 radical (unpaired) electrons. The number of nitrogen functional groups attached to an aromatic ring is 1. The predicted octanol–water partition coefficient (Wildman–Crippen LogP) is 9.21. The van der Waals surface area contributed by atoms with Gasteiger partial charge < -0.3 is 21.4 Å². The van der Waals surface area contributed by atoms with E-state index in [1.165, 1.54) is 24.4 Å². The Bertz CT molecular complexity index is 3280. The third kappa shape index (κ3) is 8.16. The van der Waals surface area contributed by atoms with Crippen LogP contribution in [0.4, 0.5) is 17.6 Å². The highest BCUT2D eigenvalue weighted by atomic mass is 32.2. The number of nitrogens with zero attached hydrogens (tertiary/aromatic N) is 9. The van der Waals surface area contributed by atoms with Crippen molar-refractivity contribution in [2.45, 2.75) is 31.1 Å². The number of benzene rings is 4. The lowest BCUT2D eigenvalue weighted by atomic mass is 9.98. The third-order valence-electron chi connectivity index (χ3n) is 10.3. The summed E-state index contributed by atoms with van der Waals surface area (Å²) in [6.45, 7) is 4.11. The molecule has 0 aliphatic rings. The summed E-state index contributed by atoms with van der Waals surface area (Å²) in [5.74, 6) is 1.09. The molecule has 15 heteroatoms. The van der Waals surface area contributed by atoms with Crippen molar-refractivity contribution in [3.63, 3.8) is 0 Å². The summed E-state index contributed by atoms with van der Waals surface area (Å²) in [7, 11) is 0. The molecule has 14 nitrogen and oxygen atoms in total. The van der Waals surface area contributed by atoms with Crippen molar-refractivity contribution in [3.05, 3.63) is 162 Å². The Morgan fingerprint density at radius 3 is 1.79 bits per heavy atom. The van der Waals surface area contributed by atoms with Crippen molar-refractivity contribution in [2.24, 2.45) is 0 Å². The van der Waals surface area contributed by atoms with Gasteiger partial charge in [0.1, 0.15) is 23.3 Å². The van der Waals surface area contributed by atoms with Crippen LogP contribution in [0.25, 0.3) is 66.4 Å². The summed E-state index contributed by atoms with van der Waals surface area (Å²) in [5.41, 5.74) is 14.2. The van der Waals surface area contributed by atoms with Gasteiger partial charge in [-0.25, -0.2) is 34.9 Å². The first-order valence-corrected chi connectivity index (χ1v) is 21.0. The van der Waals surface area contributed by atoms with E-state index in [-0.39, 0.29) is 34.6 Å². The highest BCUT2D eigenvalue weighted by Gasteiger charge is 2.20. The fourth-order valence-electron chi connectivity index (χ4n) is 7.29. The fourth-order valence-corrected chi connectivity index (χ4v) is 7.65. The summed E-state index contributed by atoms with van der Waals surface area (Å²) in [5, 5.41) is 10.7. The van der Waals surface area contributed by atoms with Crippen LogP contribution in [0.15, 0.2) is 150 Å². The van der Waals surface area contributed by atoms with Crippen LogP contribution >= 0.6 is 11.8 Å². The van der Waals surface area contributed by atoms with Gasteiger partial charge in [-0.1, -0.05) is 109 Å². The molecular formula is C47H39N13OS. The maximum atomic E-state index is 12.4. The minimum Gasteiger partial charge on any atom is -0.368 e. The molecule has 0 saturated carbocycles. The smallest absolute Gasteiger partial charge is 0.263 e. The second-order valence-electron chi connectivity index (χ2n) is 14.4. The number of para-hydroxylation sites is 2. The van der Waals surface area contributed by atoms with Gasteiger partial charge in [-0.3, -0.25) is 4.79 Å². The number of anilines is 3. The summed E-state index contributed by atoms with van der Waals surface area (Å²) in [6.07, 6.45) is 6.51. The highest BCUT2D eigenvalue weighted by molar-refractivity contribution is 7.98. The standard InChI is InChI=1S/C24H20N6S.C23H19N7O/c1-15(27-23-19-13-25-14-26-22(19)29-24(30-23)31-2)18-12-17-10-6-7-11-20(17)28-21(18)16-8-4-3-5-9-16;1-13(27-21-18-20(29-23(24)30-21)25-12-26-22(18)31)16-11-15-9-5-6-10-17(15)28-19(16)14-7-3-2-4-8-14/h3-15H,1-2H3,(H,25,26,27,29,30);2-13H,1H3,(H4,24,25,26,27,29,30,31)/t15-;13-/m00/s1. The van der Waals surface area contributed by atoms with Gasteiger partial charge in [-0.15, -0.1) is 0 Å². The molecule has 6 heterocycles. The van der Waals surface area contributed by atoms with Gasteiger partial charge in [-0.2, -0.15) is 9.97 Å². The zero-order valence-electron chi connectivity index (χ0n) is 33.9. The van der Waals surface area contributed by atoms with Crippen LogP contribution in [0.1, 0.15) is 37.1 Å².